The lowest BCUT2D eigenvalue weighted by molar-refractivity contribution is 0.199. The topological polar surface area (TPSA) is 72.6 Å². The highest BCUT2D eigenvalue weighted by molar-refractivity contribution is 7.89. The molecular weight excluding hydrogens is 228 g/mol. The van der Waals surface area contributed by atoms with Crippen molar-refractivity contribution in [3.05, 3.63) is 0 Å². The Kier molecular flexibility index (Phi) is 8.83. The number of hydrogen-bond donors (Lipinski definition) is 1. The summed E-state index contributed by atoms with van der Waals surface area (Å²) in [5.41, 5.74) is 5.42. The number of ether oxygens (including phenoxy) is 1. The number of nitrogens with two attached hydrogens (primary N) is 1. The van der Waals surface area contributed by atoms with E-state index in [1.54, 1.807) is 7.11 Å². The van der Waals surface area contributed by atoms with Crippen molar-refractivity contribution < 1.29 is 13.2 Å². The summed E-state index contributed by atoms with van der Waals surface area (Å²) in [6.45, 7) is 3.87. The monoisotopic (exact) mass is 252 g/mol. The zero-order valence-electron chi connectivity index (χ0n) is 10.3. The van der Waals surface area contributed by atoms with Crippen molar-refractivity contribution in [1.82, 2.24) is 4.31 Å². The van der Waals surface area contributed by atoms with Crippen LogP contribution in [-0.4, -0.2) is 51.8 Å². The van der Waals surface area contributed by atoms with Gasteiger partial charge in [0.05, 0.1) is 5.75 Å². The Hall–Kier alpha value is -0.170. The molecule has 0 heterocycles. The van der Waals surface area contributed by atoms with Gasteiger partial charge in [0.1, 0.15) is 0 Å². The summed E-state index contributed by atoms with van der Waals surface area (Å²) in [4.78, 5) is 0. The molecule has 0 amide bonds. The van der Waals surface area contributed by atoms with Gasteiger partial charge in [0.15, 0.2) is 0 Å². The lowest BCUT2D eigenvalue weighted by Gasteiger charge is -2.21. The summed E-state index contributed by atoms with van der Waals surface area (Å²) >= 11 is 0. The Morgan fingerprint density at radius 2 is 1.94 bits per heavy atom. The quantitative estimate of drug-likeness (QED) is 0.572. The summed E-state index contributed by atoms with van der Waals surface area (Å²) in [5.74, 6) is 0.143. The zero-order chi connectivity index (χ0) is 12.4. The van der Waals surface area contributed by atoms with Gasteiger partial charge in [-0.25, -0.2) is 12.7 Å². The van der Waals surface area contributed by atoms with E-state index in [9.17, 15) is 8.42 Å². The molecule has 0 saturated carbocycles. The summed E-state index contributed by atoms with van der Waals surface area (Å²) in [7, 11) is -1.58. The van der Waals surface area contributed by atoms with Crippen LogP contribution in [0.15, 0.2) is 0 Å². The normalized spacial score (nSPS) is 12.2. The molecule has 5 nitrogen and oxygen atoms in total. The lowest BCUT2D eigenvalue weighted by Crippen LogP contribution is -2.37. The highest BCUT2D eigenvalue weighted by atomic mass is 32.2. The molecule has 0 rings (SSSR count). The Bertz CT molecular complexity index is 255. The van der Waals surface area contributed by atoms with Crippen molar-refractivity contribution in [2.75, 3.05) is 39.1 Å². The molecule has 0 aromatic carbocycles. The Morgan fingerprint density at radius 3 is 2.44 bits per heavy atom. The molecule has 0 unspecified atom stereocenters. The van der Waals surface area contributed by atoms with Crippen molar-refractivity contribution in [2.45, 2.75) is 26.2 Å². The molecule has 0 radical (unpaired) electrons. The third-order valence-corrected chi connectivity index (χ3v) is 4.24. The number of methoxy groups -OCH3 is 1. The van der Waals surface area contributed by atoms with Gasteiger partial charge >= 0.3 is 0 Å². The lowest BCUT2D eigenvalue weighted by atomic mass is 10.3. The second-order valence-corrected chi connectivity index (χ2v) is 5.79. The van der Waals surface area contributed by atoms with Crippen molar-refractivity contribution in [3.63, 3.8) is 0 Å². The highest BCUT2D eigenvalue weighted by Crippen LogP contribution is 2.05. The van der Waals surface area contributed by atoms with E-state index in [0.29, 0.717) is 32.7 Å². The van der Waals surface area contributed by atoms with Crippen LogP contribution in [0.3, 0.4) is 0 Å². The van der Waals surface area contributed by atoms with Gasteiger partial charge in [-0.15, -0.1) is 0 Å². The molecule has 6 heteroatoms. The molecule has 0 aliphatic heterocycles. The minimum Gasteiger partial charge on any atom is -0.385 e. The molecule has 0 aliphatic carbocycles. The van der Waals surface area contributed by atoms with Crippen molar-refractivity contribution in [3.8, 4) is 0 Å². The molecule has 2 N–H and O–H groups in total. The number of unbranched alkanes of at least 4 members (excludes halogenated alkanes) is 1. The van der Waals surface area contributed by atoms with Gasteiger partial charge in [0, 0.05) is 33.4 Å². The van der Waals surface area contributed by atoms with Crippen LogP contribution in [0.2, 0.25) is 0 Å². The molecule has 16 heavy (non-hydrogen) atoms. The van der Waals surface area contributed by atoms with Crippen LogP contribution in [0.1, 0.15) is 26.2 Å². The summed E-state index contributed by atoms with van der Waals surface area (Å²) in [6.07, 6.45) is 2.39. The summed E-state index contributed by atoms with van der Waals surface area (Å²) in [5, 5.41) is 0. The number of sulfonamides is 1. The van der Waals surface area contributed by atoms with Crippen LogP contribution < -0.4 is 5.73 Å². The fourth-order valence-corrected chi connectivity index (χ4v) is 2.91. The Morgan fingerprint density at radius 1 is 1.25 bits per heavy atom. The fourth-order valence-electron chi connectivity index (χ4n) is 1.38. The first kappa shape index (κ1) is 15.8. The van der Waals surface area contributed by atoms with Crippen LogP contribution in [0.4, 0.5) is 0 Å². The van der Waals surface area contributed by atoms with E-state index < -0.39 is 10.0 Å². The number of hydrogen-bond acceptors (Lipinski definition) is 4. The van der Waals surface area contributed by atoms with Crippen LogP contribution in [0, 0.1) is 0 Å². The number of nitrogens with zero attached hydrogens (tertiary/aromatic N) is 1. The molecule has 0 aromatic rings. The van der Waals surface area contributed by atoms with Gasteiger partial charge in [-0.2, -0.15) is 0 Å². The maximum atomic E-state index is 11.9. The molecule has 0 atom stereocenters. The van der Waals surface area contributed by atoms with Gasteiger partial charge in [-0.05, 0) is 12.8 Å². The summed E-state index contributed by atoms with van der Waals surface area (Å²) < 4.78 is 30.2. The maximum Gasteiger partial charge on any atom is 0.214 e. The van der Waals surface area contributed by atoms with Crippen LogP contribution >= 0.6 is 0 Å². The molecule has 0 fully saturated rings. The third-order valence-electron chi connectivity index (χ3n) is 2.28. The van der Waals surface area contributed by atoms with E-state index in [-0.39, 0.29) is 5.75 Å². The molecule has 0 spiro atoms. The van der Waals surface area contributed by atoms with E-state index >= 15 is 0 Å². The molecule has 98 valence electrons. The second kappa shape index (κ2) is 8.92. The first-order chi connectivity index (χ1) is 7.58. The molecule has 0 aliphatic rings. The fraction of sp³-hybridized carbons (Fsp3) is 1.00. The van der Waals surface area contributed by atoms with E-state index in [1.165, 1.54) is 4.31 Å². The molecule has 0 saturated heterocycles. The Labute approximate surface area is 99.0 Å². The minimum absolute atomic E-state index is 0.143. The van der Waals surface area contributed by atoms with E-state index in [4.69, 9.17) is 10.5 Å². The van der Waals surface area contributed by atoms with Gasteiger partial charge < -0.3 is 10.5 Å². The molecular formula is C10H24N2O3S. The highest BCUT2D eigenvalue weighted by Gasteiger charge is 2.19. The first-order valence-electron chi connectivity index (χ1n) is 5.75. The van der Waals surface area contributed by atoms with E-state index in [0.717, 1.165) is 12.8 Å². The van der Waals surface area contributed by atoms with Crippen LogP contribution in [-0.2, 0) is 14.8 Å². The summed E-state index contributed by atoms with van der Waals surface area (Å²) in [6, 6.07) is 0. The average molecular weight is 252 g/mol. The first-order valence-corrected chi connectivity index (χ1v) is 7.36. The minimum atomic E-state index is -3.16. The second-order valence-electron chi connectivity index (χ2n) is 3.70. The van der Waals surface area contributed by atoms with Crippen LogP contribution in [0.25, 0.3) is 0 Å². The van der Waals surface area contributed by atoms with E-state index in [2.05, 4.69) is 0 Å². The Balaban J connectivity index is 4.25. The SMILES string of the molecule is CCCCN(CCN)S(=O)(=O)CCCOC. The smallest absolute Gasteiger partial charge is 0.214 e. The van der Waals surface area contributed by atoms with Crippen molar-refractivity contribution >= 4 is 10.0 Å². The largest absolute Gasteiger partial charge is 0.385 e. The number of rotatable bonds is 10. The van der Waals surface area contributed by atoms with Gasteiger partial charge in [0.2, 0.25) is 10.0 Å². The maximum absolute atomic E-state index is 11.9. The zero-order valence-corrected chi connectivity index (χ0v) is 11.1. The predicted octanol–water partition coefficient (Wildman–Crippen LogP) is 0.414. The van der Waals surface area contributed by atoms with Crippen LogP contribution in [0.5, 0.6) is 0 Å². The molecule has 0 aromatic heterocycles. The predicted molar refractivity (Wildman–Crippen MR) is 65.8 cm³/mol. The third kappa shape index (κ3) is 6.42. The standard InChI is InChI=1S/C10H24N2O3S/c1-3-4-7-12(8-6-11)16(13,14)10-5-9-15-2/h3-11H2,1-2H3. The van der Waals surface area contributed by atoms with Gasteiger partial charge in [-0.1, -0.05) is 13.3 Å². The van der Waals surface area contributed by atoms with Crippen molar-refractivity contribution in [1.29, 1.82) is 0 Å². The van der Waals surface area contributed by atoms with Crippen molar-refractivity contribution in [2.24, 2.45) is 5.73 Å². The molecule has 0 bridgehead atoms. The van der Waals surface area contributed by atoms with Gasteiger partial charge in [-0.3, -0.25) is 0 Å². The average Bonchev–Trinajstić information content (AvgIpc) is 2.24. The van der Waals surface area contributed by atoms with Gasteiger partial charge in [0.25, 0.3) is 0 Å². The van der Waals surface area contributed by atoms with E-state index in [1.807, 2.05) is 6.92 Å².